The molecule has 2 heterocycles. The number of rotatable bonds is 7. The van der Waals surface area contributed by atoms with Crippen LogP contribution >= 0.6 is 12.4 Å². The quantitative estimate of drug-likeness (QED) is 0.429. The van der Waals surface area contributed by atoms with Gasteiger partial charge >= 0.3 is 0 Å². The molecule has 0 saturated carbocycles. The lowest BCUT2D eigenvalue weighted by atomic mass is 10.1. The summed E-state index contributed by atoms with van der Waals surface area (Å²) in [5.74, 6) is 1.55. The van der Waals surface area contributed by atoms with Crippen LogP contribution in [0, 0.1) is 0 Å². The van der Waals surface area contributed by atoms with Gasteiger partial charge in [0.1, 0.15) is 22.5 Å². The fraction of sp³-hybridized carbons (Fsp3) is 0.182. The second-order valence-electron chi connectivity index (χ2n) is 6.28. The zero-order valence-electron chi connectivity index (χ0n) is 16.3. The molecular weight excluding hydrogens is 388 g/mol. The molecule has 0 spiro atoms. The average Bonchev–Trinajstić information content (AvgIpc) is 2.76. The van der Waals surface area contributed by atoms with Crippen LogP contribution in [0.4, 0.5) is 11.4 Å². The summed E-state index contributed by atoms with van der Waals surface area (Å²) in [5, 5.41) is 9.05. The number of benzene rings is 2. The van der Waals surface area contributed by atoms with Gasteiger partial charge in [-0.3, -0.25) is 9.97 Å². The van der Waals surface area contributed by atoms with Crippen LogP contribution in [-0.2, 0) is 0 Å². The third-order valence-corrected chi connectivity index (χ3v) is 4.66. The molecule has 0 saturated heterocycles. The number of hydrogen-bond acceptors (Lipinski definition) is 6. The second kappa shape index (κ2) is 9.30. The number of anilines is 2. The van der Waals surface area contributed by atoms with Crippen molar-refractivity contribution in [2.75, 3.05) is 37.9 Å². The Bertz CT molecular complexity index is 1030. The van der Waals surface area contributed by atoms with Gasteiger partial charge in [0.2, 0.25) is 0 Å². The minimum atomic E-state index is 0. The van der Waals surface area contributed by atoms with Crippen molar-refractivity contribution in [1.29, 1.82) is 0 Å². The minimum absolute atomic E-state index is 0. The molecule has 0 amide bonds. The number of nitrogens with one attached hydrogen (secondary N) is 2. The third-order valence-electron chi connectivity index (χ3n) is 4.66. The molecular formula is C22H23ClN4O2. The van der Waals surface area contributed by atoms with Crippen molar-refractivity contribution in [1.82, 2.24) is 9.97 Å². The molecule has 2 aromatic carbocycles. The molecule has 0 fully saturated rings. The SMILES string of the molecule is COc1cccc2c(NCCNc3ccnc4c(OC)cccc34)ccnc12.Cl. The standard InChI is InChI=1S/C22H22N4O2.ClH/c1-27-19-7-3-5-15-17(9-11-25-21(15)19)23-13-14-24-18-10-12-26-22-16(18)6-4-8-20(22)28-2;/h3-12H,13-14H2,1-2H3,(H,23,25)(H,24,26);1H. The van der Waals surface area contributed by atoms with Gasteiger partial charge in [-0.2, -0.15) is 0 Å². The largest absolute Gasteiger partial charge is 0.494 e. The topological polar surface area (TPSA) is 68.3 Å². The molecule has 2 aromatic heterocycles. The van der Waals surface area contributed by atoms with Gasteiger partial charge in [0.15, 0.2) is 0 Å². The van der Waals surface area contributed by atoms with E-state index >= 15 is 0 Å². The van der Waals surface area contributed by atoms with E-state index in [1.54, 1.807) is 26.6 Å². The fourth-order valence-corrected chi connectivity index (χ4v) is 3.33. The molecule has 4 aromatic rings. The van der Waals surface area contributed by atoms with Gasteiger partial charge in [-0.05, 0) is 24.3 Å². The zero-order chi connectivity index (χ0) is 19.3. The molecule has 0 bridgehead atoms. The Morgan fingerprint density at radius 1 is 0.690 bits per heavy atom. The Hall–Kier alpha value is -3.25. The Balaban J connectivity index is 0.00000240. The first-order chi connectivity index (χ1) is 13.8. The van der Waals surface area contributed by atoms with Crippen molar-refractivity contribution in [3.8, 4) is 11.5 Å². The van der Waals surface area contributed by atoms with Crippen molar-refractivity contribution >= 4 is 45.6 Å². The molecule has 6 nitrogen and oxygen atoms in total. The van der Waals surface area contributed by atoms with E-state index in [0.717, 1.165) is 57.8 Å². The van der Waals surface area contributed by atoms with Crippen LogP contribution in [0.1, 0.15) is 0 Å². The van der Waals surface area contributed by atoms with E-state index in [4.69, 9.17) is 9.47 Å². The molecule has 150 valence electrons. The summed E-state index contributed by atoms with van der Waals surface area (Å²) in [5.41, 5.74) is 3.78. The van der Waals surface area contributed by atoms with Crippen LogP contribution in [0.3, 0.4) is 0 Å². The number of para-hydroxylation sites is 2. The van der Waals surface area contributed by atoms with Crippen molar-refractivity contribution < 1.29 is 9.47 Å². The highest BCUT2D eigenvalue weighted by molar-refractivity contribution is 5.95. The molecule has 0 radical (unpaired) electrons. The van der Waals surface area contributed by atoms with Gasteiger partial charge in [-0.1, -0.05) is 24.3 Å². The summed E-state index contributed by atoms with van der Waals surface area (Å²) in [4.78, 5) is 8.88. The Labute approximate surface area is 175 Å². The number of ether oxygens (including phenoxy) is 2. The number of aromatic nitrogens is 2. The third kappa shape index (κ3) is 4.12. The van der Waals surface area contributed by atoms with Crippen LogP contribution < -0.4 is 20.1 Å². The van der Waals surface area contributed by atoms with Crippen molar-refractivity contribution in [2.24, 2.45) is 0 Å². The number of methoxy groups -OCH3 is 2. The first-order valence-electron chi connectivity index (χ1n) is 9.13. The van der Waals surface area contributed by atoms with E-state index in [9.17, 15) is 0 Å². The number of pyridine rings is 2. The van der Waals surface area contributed by atoms with E-state index in [1.165, 1.54) is 0 Å². The lowest BCUT2D eigenvalue weighted by molar-refractivity contribution is 0.419. The van der Waals surface area contributed by atoms with E-state index in [2.05, 4.69) is 20.6 Å². The zero-order valence-corrected chi connectivity index (χ0v) is 17.1. The highest BCUT2D eigenvalue weighted by Gasteiger charge is 2.08. The first kappa shape index (κ1) is 20.5. The lowest BCUT2D eigenvalue weighted by Gasteiger charge is -2.13. The van der Waals surface area contributed by atoms with E-state index < -0.39 is 0 Å². The van der Waals surface area contributed by atoms with Crippen LogP contribution in [0.5, 0.6) is 11.5 Å². The molecule has 29 heavy (non-hydrogen) atoms. The summed E-state index contributed by atoms with van der Waals surface area (Å²) in [6.45, 7) is 1.51. The molecule has 0 unspecified atom stereocenters. The van der Waals surface area contributed by atoms with E-state index in [0.29, 0.717) is 0 Å². The van der Waals surface area contributed by atoms with Crippen LogP contribution in [0.2, 0.25) is 0 Å². The number of halogens is 1. The van der Waals surface area contributed by atoms with Crippen LogP contribution in [0.25, 0.3) is 21.8 Å². The maximum atomic E-state index is 5.41. The average molecular weight is 411 g/mol. The predicted molar refractivity (Wildman–Crippen MR) is 121 cm³/mol. The molecule has 4 rings (SSSR count). The fourth-order valence-electron chi connectivity index (χ4n) is 3.33. The molecule has 0 aliphatic heterocycles. The highest BCUT2D eigenvalue weighted by atomic mass is 35.5. The van der Waals surface area contributed by atoms with Gasteiger partial charge in [-0.15, -0.1) is 12.4 Å². The van der Waals surface area contributed by atoms with Crippen molar-refractivity contribution in [3.05, 3.63) is 60.9 Å². The monoisotopic (exact) mass is 410 g/mol. The van der Waals surface area contributed by atoms with Gasteiger partial charge < -0.3 is 20.1 Å². The van der Waals surface area contributed by atoms with Gasteiger partial charge in [-0.25, -0.2) is 0 Å². The van der Waals surface area contributed by atoms with Gasteiger partial charge in [0.25, 0.3) is 0 Å². The molecule has 0 atom stereocenters. The molecule has 0 aliphatic rings. The summed E-state index contributed by atoms with van der Waals surface area (Å²) in [7, 11) is 3.32. The van der Waals surface area contributed by atoms with Crippen molar-refractivity contribution in [3.63, 3.8) is 0 Å². The predicted octanol–water partition coefficient (Wildman–Crippen LogP) is 4.75. The number of hydrogen-bond donors (Lipinski definition) is 2. The normalized spacial score (nSPS) is 10.4. The summed E-state index contributed by atoms with van der Waals surface area (Å²) in [6.07, 6.45) is 3.59. The number of nitrogens with zero attached hydrogens (tertiary/aromatic N) is 2. The second-order valence-corrected chi connectivity index (χ2v) is 6.28. The molecule has 0 aliphatic carbocycles. The highest BCUT2D eigenvalue weighted by Crippen LogP contribution is 2.29. The summed E-state index contributed by atoms with van der Waals surface area (Å²) in [6, 6.07) is 15.8. The van der Waals surface area contributed by atoms with Crippen LogP contribution in [-0.4, -0.2) is 37.3 Å². The van der Waals surface area contributed by atoms with Crippen LogP contribution in [0.15, 0.2) is 60.9 Å². The molecule has 7 heteroatoms. The molecule has 2 N–H and O–H groups in total. The van der Waals surface area contributed by atoms with E-state index in [-0.39, 0.29) is 12.4 Å². The maximum Gasteiger partial charge on any atom is 0.145 e. The Kier molecular flexibility index (Phi) is 6.57. The maximum absolute atomic E-state index is 5.41. The summed E-state index contributed by atoms with van der Waals surface area (Å²) >= 11 is 0. The minimum Gasteiger partial charge on any atom is -0.494 e. The lowest BCUT2D eigenvalue weighted by Crippen LogP contribution is -2.14. The van der Waals surface area contributed by atoms with E-state index in [1.807, 2.05) is 48.5 Å². The Morgan fingerprint density at radius 2 is 1.14 bits per heavy atom. The summed E-state index contributed by atoms with van der Waals surface area (Å²) < 4.78 is 10.8. The number of fused-ring (bicyclic) bond motifs is 2. The Morgan fingerprint density at radius 3 is 1.55 bits per heavy atom. The van der Waals surface area contributed by atoms with Crippen molar-refractivity contribution in [2.45, 2.75) is 0 Å². The smallest absolute Gasteiger partial charge is 0.145 e. The first-order valence-corrected chi connectivity index (χ1v) is 9.13. The van der Waals surface area contributed by atoms with Gasteiger partial charge in [0.05, 0.1) is 14.2 Å². The van der Waals surface area contributed by atoms with Gasteiger partial charge in [0, 0.05) is 47.6 Å².